The number of likely N-dealkylation sites (N-methyl/N-ethyl adjacent to an activating group) is 1. The number of carboxylic acid groups (broad SMARTS) is 1. The highest BCUT2D eigenvalue weighted by Crippen LogP contribution is 2.36. The molecular weight excluding hydrogens is 284 g/mol. The minimum atomic E-state index is -0.821. The Bertz CT molecular complexity index is 586. The highest BCUT2D eigenvalue weighted by molar-refractivity contribution is 5.99. The van der Waals surface area contributed by atoms with Gasteiger partial charge in [0.2, 0.25) is 0 Å². The molecule has 0 aliphatic carbocycles. The molecule has 0 radical (unpaired) electrons. The molecule has 22 heavy (non-hydrogen) atoms. The number of carbonyl (C=O) groups is 2. The van der Waals surface area contributed by atoms with Gasteiger partial charge in [0.1, 0.15) is 5.75 Å². The second-order valence-corrected chi connectivity index (χ2v) is 5.74. The largest absolute Gasteiger partial charge is 0.481 e. The van der Waals surface area contributed by atoms with Crippen LogP contribution in [0.25, 0.3) is 0 Å². The first kappa shape index (κ1) is 16.1. The first-order valence-electron chi connectivity index (χ1n) is 7.38. The zero-order valence-electron chi connectivity index (χ0n) is 13.4. The summed E-state index contributed by atoms with van der Waals surface area (Å²) in [4.78, 5) is 26.3. The molecule has 0 fully saturated rings. The molecule has 1 unspecified atom stereocenters. The Kier molecular flexibility index (Phi) is 4.59. The summed E-state index contributed by atoms with van der Waals surface area (Å²) in [6, 6.07) is 5.77. The van der Waals surface area contributed by atoms with Gasteiger partial charge < -0.3 is 19.6 Å². The van der Waals surface area contributed by atoms with E-state index in [9.17, 15) is 9.59 Å². The monoisotopic (exact) mass is 306 g/mol. The van der Waals surface area contributed by atoms with Gasteiger partial charge in [-0.15, -0.1) is 0 Å². The van der Waals surface area contributed by atoms with Crippen molar-refractivity contribution in [2.75, 3.05) is 23.4 Å². The van der Waals surface area contributed by atoms with Gasteiger partial charge in [0, 0.05) is 31.4 Å². The number of nitrogens with zero attached hydrogens (tertiary/aromatic N) is 2. The van der Waals surface area contributed by atoms with Crippen molar-refractivity contribution < 1.29 is 19.4 Å². The fraction of sp³-hybridized carbons (Fsp3) is 0.500. The number of benzene rings is 1. The molecule has 2 rings (SSSR count). The average molecular weight is 306 g/mol. The fourth-order valence-electron chi connectivity index (χ4n) is 2.59. The van der Waals surface area contributed by atoms with Crippen LogP contribution in [0.15, 0.2) is 18.2 Å². The normalized spacial score (nSPS) is 17.2. The molecule has 1 N–H and O–H groups in total. The minimum Gasteiger partial charge on any atom is -0.481 e. The number of fused-ring (bicyclic) bond motifs is 1. The van der Waals surface area contributed by atoms with Crippen molar-refractivity contribution in [2.45, 2.75) is 39.3 Å². The lowest BCUT2D eigenvalue weighted by molar-refractivity contribution is -0.136. The lowest BCUT2D eigenvalue weighted by Gasteiger charge is -2.33. The van der Waals surface area contributed by atoms with Gasteiger partial charge in [0.05, 0.1) is 12.1 Å². The molecule has 6 heteroatoms. The number of rotatable bonds is 5. The van der Waals surface area contributed by atoms with E-state index >= 15 is 0 Å². The Hall–Kier alpha value is -2.24. The molecule has 1 aromatic carbocycles. The lowest BCUT2D eigenvalue weighted by Crippen LogP contribution is -2.42. The summed E-state index contributed by atoms with van der Waals surface area (Å²) in [5.41, 5.74) is 1.62. The van der Waals surface area contributed by atoms with Crippen LogP contribution in [-0.4, -0.2) is 42.7 Å². The van der Waals surface area contributed by atoms with E-state index in [4.69, 9.17) is 9.84 Å². The molecule has 120 valence electrons. The summed E-state index contributed by atoms with van der Waals surface area (Å²) in [7, 11) is 1.73. The van der Waals surface area contributed by atoms with Gasteiger partial charge in [-0.3, -0.25) is 9.59 Å². The van der Waals surface area contributed by atoms with Gasteiger partial charge in [-0.2, -0.15) is 0 Å². The average Bonchev–Trinajstić information content (AvgIpc) is 2.44. The van der Waals surface area contributed by atoms with Gasteiger partial charge in [-0.25, -0.2) is 0 Å². The maximum atomic E-state index is 11.9. The van der Waals surface area contributed by atoms with Crippen molar-refractivity contribution >= 4 is 23.3 Å². The Morgan fingerprint density at radius 3 is 2.73 bits per heavy atom. The Balaban J connectivity index is 2.31. The van der Waals surface area contributed by atoms with E-state index in [1.165, 1.54) is 0 Å². The Labute approximate surface area is 130 Å². The van der Waals surface area contributed by atoms with Gasteiger partial charge >= 0.3 is 5.97 Å². The maximum Gasteiger partial charge on any atom is 0.305 e. The van der Waals surface area contributed by atoms with E-state index in [2.05, 4.69) is 0 Å². The summed E-state index contributed by atoms with van der Waals surface area (Å²) >= 11 is 0. The highest BCUT2D eigenvalue weighted by Gasteiger charge is 2.29. The topological polar surface area (TPSA) is 70.1 Å². The molecule has 1 heterocycles. The van der Waals surface area contributed by atoms with Gasteiger partial charge in [0.15, 0.2) is 6.10 Å². The van der Waals surface area contributed by atoms with Crippen LogP contribution >= 0.6 is 0 Å². The van der Waals surface area contributed by atoms with E-state index in [1.807, 2.05) is 36.9 Å². The number of carbonyl (C=O) groups excluding carboxylic acids is 1. The van der Waals surface area contributed by atoms with Crippen LogP contribution in [0.5, 0.6) is 5.75 Å². The molecule has 1 aliphatic rings. The van der Waals surface area contributed by atoms with Crippen molar-refractivity contribution in [3.63, 3.8) is 0 Å². The minimum absolute atomic E-state index is 0.0743. The molecule has 1 atom stereocenters. The summed E-state index contributed by atoms with van der Waals surface area (Å²) < 4.78 is 5.68. The van der Waals surface area contributed by atoms with Gasteiger partial charge in [-0.05, 0) is 32.9 Å². The van der Waals surface area contributed by atoms with E-state index in [0.717, 1.165) is 11.4 Å². The number of amides is 1. The highest BCUT2D eigenvalue weighted by atomic mass is 16.5. The first-order valence-corrected chi connectivity index (χ1v) is 7.38. The summed E-state index contributed by atoms with van der Waals surface area (Å²) in [6.07, 6.45) is -0.440. The molecule has 6 nitrogen and oxygen atoms in total. The quantitative estimate of drug-likeness (QED) is 0.902. The molecule has 1 amide bonds. The molecule has 0 aromatic heterocycles. The number of carboxylic acids is 1. The predicted octanol–water partition coefficient (Wildman–Crippen LogP) is 2.12. The SMILES string of the molecule is CC1Oc2cc(N(CCC(=O)O)C(C)C)ccc2N(C)C1=O. The number of aliphatic carboxylic acids is 1. The fourth-order valence-corrected chi connectivity index (χ4v) is 2.59. The second kappa shape index (κ2) is 6.25. The second-order valence-electron chi connectivity index (χ2n) is 5.74. The zero-order chi connectivity index (χ0) is 16.4. The summed E-state index contributed by atoms with van der Waals surface area (Å²) in [5.74, 6) is -0.251. The van der Waals surface area contributed by atoms with Gasteiger partial charge in [-0.1, -0.05) is 0 Å². The van der Waals surface area contributed by atoms with E-state index < -0.39 is 12.1 Å². The van der Waals surface area contributed by atoms with Crippen LogP contribution in [0.3, 0.4) is 0 Å². The van der Waals surface area contributed by atoms with Crippen LogP contribution in [0.2, 0.25) is 0 Å². The van der Waals surface area contributed by atoms with Crippen molar-refractivity contribution in [2.24, 2.45) is 0 Å². The Morgan fingerprint density at radius 1 is 1.45 bits per heavy atom. The van der Waals surface area contributed by atoms with E-state index in [1.54, 1.807) is 18.9 Å². The molecular formula is C16H22N2O4. The summed E-state index contributed by atoms with van der Waals surface area (Å²) in [6.45, 7) is 6.18. The number of hydrogen-bond donors (Lipinski definition) is 1. The van der Waals surface area contributed by atoms with Crippen LogP contribution in [-0.2, 0) is 9.59 Å². The molecule has 0 saturated heterocycles. The van der Waals surface area contributed by atoms with Crippen LogP contribution < -0.4 is 14.5 Å². The van der Waals surface area contributed by atoms with E-state index in [0.29, 0.717) is 12.3 Å². The molecule has 1 aliphatic heterocycles. The third-order valence-electron chi connectivity index (χ3n) is 3.81. The Morgan fingerprint density at radius 2 is 2.14 bits per heavy atom. The third-order valence-corrected chi connectivity index (χ3v) is 3.81. The van der Waals surface area contributed by atoms with E-state index in [-0.39, 0.29) is 18.4 Å². The third kappa shape index (κ3) is 3.16. The lowest BCUT2D eigenvalue weighted by atomic mass is 10.1. The van der Waals surface area contributed by atoms with Crippen molar-refractivity contribution in [1.82, 2.24) is 0 Å². The molecule has 0 spiro atoms. The molecule has 0 bridgehead atoms. The standard InChI is InChI=1S/C16H22N2O4/c1-10(2)18(8-7-15(19)20)12-5-6-13-14(9-12)22-11(3)16(21)17(13)4/h5-6,9-11H,7-8H2,1-4H3,(H,19,20). The smallest absolute Gasteiger partial charge is 0.305 e. The van der Waals surface area contributed by atoms with Crippen molar-refractivity contribution in [3.05, 3.63) is 18.2 Å². The van der Waals surface area contributed by atoms with Crippen LogP contribution in [0.1, 0.15) is 27.2 Å². The number of ether oxygens (including phenoxy) is 1. The zero-order valence-corrected chi connectivity index (χ0v) is 13.4. The van der Waals surface area contributed by atoms with Crippen LogP contribution in [0, 0.1) is 0 Å². The molecule has 1 aromatic rings. The first-order chi connectivity index (χ1) is 10.3. The van der Waals surface area contributed by atoms with Crippen molar-refractivity contribution in [3.8, 4) is 5.75 Å². The number of anilines is 2. The maximum absolute atomic E-state index is 11.9. The molecule has 0 saturated carbocycles. The summed E-state index contributed by atoms with van der Waals surface area (Å²) in [5, 5.41) is 8.89. The van der Waals surface area contributed by atoms with Gasteiger partial charge in [0.25, 0.3) is 5.91 Å². The number of hydrogen-bond acceptors (Lipinski definition) is 4. The predicted molar refractivity (Wildman–Crippen MR) is 84.7 cm³/mol. The van der Waals surface area contributed by atoms with Crippen molar-refractivity contribution in [1.29, 1.82) is 0 Å². The van der Waals surface area contributed by atoms with Crippen LogP contribution in [0.4, 0.5) is 11.4 Å².